The van der Waals surface area contributed by atoms with Crippen molar-refractivity contribution in [1.82, 2.24) is 9.97 Å². The molecule has 3 aromatic carbocycles. The van der Waals surface area contributed by atoms with E-state index in [1.54, 1.807) is 17.7 Å². The van der Waals surface area contributed by atoms with E-state index in [2.05, 4.69) is 26.7 Å². The summed E-state index contributed by atoms with van der Waals surface area (Å²) in [6, 6.07) is 21.7. The molecule has 2 heterocycles. The van der Waals surface area contributed by atoms with Gasteiger partial charge in [-0.1, -0.05) is 65.8 Å². The van der Waals surface area contributed by atoms with Crippen molar-refractivity contribution in [3.8, 4) is 11.1 Å². The van der Waals surface area contributed by atoms with Gasteiger partial charge in [-0.05, 0) is 40.6 Å². The Morgan fingerprint density at radius 3 is 2.65 bits per heavy atom. The van der Waals surface area contributed by atoms with Gasteiger partial charge in [-0.25, -0.2) is 9.97 Å². The van der Waals surface area contributed by atoms with Crippen LogP contribution in [0.15, 0.2) is 83.5 Å². The van der Waals surface area contributed by atoms with Crippen molar-refractivity contribution in [1.29, 1.82) is 0 Å². The van der Waals surface area contributed by atoms with Gasteiger partial charge in [0.1, 0.15) is 16.2 Å². The van der Waals surface area contributed by atoms with Crippen LogP contribution in [0.5, 0.6) is 0 Å². The minimum Gasteiger partial charge on any atom is -0.325 e. The number of amides is 1. The first-order chi connectivity index (χ1) is 15.2. The number of hydrogen-bond donors (Lipinski definition) is 1. The lowest BCUT2D eigenvalue weighted by molar-refractivity contribution is -0.113. The third kappa shape index (κ3) is 4.28. The molecular formula is C24H16ClN3OS2. The highest BCUT2D eigenvalue weighted by Crippen LogP contribution is 2.38. The minimum absolute atomic E-state index is 0.0738. The fourth-order valence-corrected chi connectivity index (χ4v) is 5.32. The maximum atomic E-state index is 12.6. The van der Waals surface area contributed by atoms with Crippen molar-refractivity contribution >= 4 is 67.3 Å². The molecule has 0 unspecified atom stereocenters. The number of nitrogens with one attached hydrogen (secondary N) is 1. The number of aromatic nitrogens is 2. The number of halogens is 1. The Hall–Kier alpha value is -2.93. The van der Waals surface area contributed by atoms with E-state index in [9.17, 15) is 4.79 Å². The number of fused-ring (bicyclic) bond motifs is 2. The van der Waals surface area contributed by atoms with Crippen LogP contribution < -0.4 is 5.32 Å². The summed E-state index contributed by atoms with van der Waals surface area (Å²) in [6.07, 6.45) is 1.55. The molecule has 1 N–H and O–H groups in total. The Morgan fingerprint density at radius 1 is 1.00 bits per heavy atom. The molecule has 5 aromatic rings. The van der Waals surface area contributed by atoms with Crippen LogP contribution in [0.25, 0.3) is 32.1 Å². The zero-order valence-corrected chi connectivity index (χ0v) is 18.6. The van der Waals surface area contributed by atoms with E-state index in [1.165, 1.54) is 11.8 Å². The lowest BCUT2D eigenvalue weighted by Gasteiger charge is -2.08. The van der Waals surface area contributed by atoms with Crippen molar-refractivity contribution in [2.45, 2.75) is 5.03 Å². The van der Waals surface area contributed by atoms with Crippen LogP contribution >= 0.6 is 34.7 Å². The van der Waals surface area contributed by atoms with Gasteiger partial charge in [-0.2, -0.15) is 0 Å². The van der Waals surface area contributed by atoms with Crippen LogP contribution in [-0.2, 0) is 4.79 Å². The van der Waals surface area contributed by atoms with Gasteiger partial charge in [0.2, 0.25) is 5.91 Å². The fraction of sp³-hybridized carbons (Fsp3) is 0.0417. The highest BCUT2D eigenvalue weighted by Gasteiger charge is 2.15. The van der Waals surface area contributed by atoms with E-state index in [1.807, 2.05) is 60.7 Å². The van der Waals surface area contributed by atoms with Crippen molar-refractivity contribution in [2.75, 3.05) is 11.1 Å². The molecule has 31 heavy (non-hydrogen) atoms. The standard InChI is InChI=1S/C24H16ClN3OS2/c25-18-8-5-16(6-9-18)20-12-30-23-22(20)24(27-14-26-23)31-13-21(29)28-19-10-7-15-3-1-2-4-17(15)11-19/h1-12,14H,13H2,(H,28,29). The van der Waals surface area contributed by atoms with Crippen LogP contribution in [0.1, 0.15) is 0 Å². The van der Waals surface area contributed by atoms with E-state index < -0.39 is 0 Å². The van der Waals surface area contributed by atoms with Crippen molar-refractivity contribution in [2.24, 2.45) is 0 Å². The minimum atomic E-state index is -0.0738. The first kappa shape index (κ1) is 20.0. The second-order valence-electron chi connectivity index (χ2n) is 6.91. The number of carbonyl (C=O) groups excluding carboxylic acids is 1. The first-order valence-corrected chi connectivity index (χ1v) is 11.8. The molecule has 7 heteroatoms. The summed E-state index contributed by atoms with van der Waals surface area (Å²) in [4.78, 5) is 22.4. The molecule has 0 fully saturated rings. The zero-order chi connectivity index (χ0) is 21.2. The van der Waals surface area contributed by atoms with Crippen LogP contribution in [0.4, 0.5) is 5.69 Å². The summed E-state index contributed by atoms with van der Waals surface area (Å²) >= 11 is 9.02. The number of carbonyl (C=O) groups is 1. The molecule has 2 aromatic heterocycles. The molecule has 0 aliphatic rings. The smallest absolute Gasteiger partial charge is 0.234 e. The molecule has 0 saturated carbocycles. The third-order valence-electron chi connectivity index (χ3n) is 4.86. The zero-order valence-electron chi connectivity index (χ0n) is 16.2. The molecule has 5 rings (SSSR count). The summed E-state index contributed by atoms with van der Waals surface area (Å²) in [6.45, 7) is 0. The highest BCUT2D eigenvalue weighted by atomic mass is 35.5. The number of anilines is 1. The second-order valence-corrected chi connectivity index (χ2v) is 9.17. The van der Waals surface area contributed by atoms with Crippen molar-refractivity contribution in [3.63, 3.8) is 0 Å². The Bertz CT molecular complexity index is 1400. The van der Waals surface area contributed by atoms with Gasteiger partial charge in [0.05, 0.1) is 11.1 Å². The van der Waals surface area contributed by atoms with Gasteiger partial charge in [-0.3, -0.25) is 4.79 Å². The topological polar surface area (TPSA) is 54.9 Å². The van der Waals surface area contributed by atoms with Crippen molar-refractivity contribution in [3.05, 3.63) is 83.5 Å². The number of thioether (sulfide) groups is 1. The Morgan fingerprint density at radius 2 is 1.81 bits per heavy atom. The number of thiophene rings is 1. The molecule has 0 spiro atoms. The fourth-order valence-electron chi connectivity index (χ4n) is 3.40. The predicted octanol–water partition coefficient (Wildman–Crippen LogP) is 6.90. The number of hydrogen-bond acceptors (Lipinski definition) is 5. The molecule has 0 aliphatic carbocycles. The monoisotopic (exact) mass is 461 g/mol. The van der Waals surface area contributed by atoms with Crippen LogP contribution in [0.3, 0.4) is 0 Å². The van der Waals surface area contributed by atoms with Crippen LogP contribution in [0.2, 0.25) is 5.02 Å². The van der Waals surface area contributed by atoms with Gasteiger partial charge >= 0.3 is 0 Å². The summed E-state index contributed by atoms with van der Waals surface area (Å²) in [5.74, 6) is 0.185. The Kier molecular flexibility index (Phi) is 5.59. The molecule has 0 saturated heterocycles. The van der Waals surface area contributed by atoms with Crippen LogP contribution in [-0.4, -0.2) is 21.6 Å². The van der Waals surface area contributed by atoms with Gasteiger partial charge in [-0.15, -0.1) is 11.3 Å². The van der Waals surface area contributed by atoms with E-state index >= 15 is 0 Å². The largest absolute Gasteiger partial charge is 0.325 e. The normalized spacial score (nSPS) is 11.1. The lowest BCUT2D eigenvalue weighted by Crippen LogP contribution is -2.14. The average molecular weight is 462 g/mol. The van der Waals surface area contributed by atoms with E-state index in [0.29, 0.717) is 5.02 Å². The molecule has 152 valence electrons. The lowest BCUT2D eigenvalue weighted by atomic mass is 10.1. The second kappa shape index (κ2) is 8.67. The molecule has 0 atom stereocenters. The van der Waals surface area contributed by atoms with Crippen molar-refractivity contribution < 1.29 is 4.79 Å². The Labute approximate surface area is 192 Å². The van der Waals surface area contributed by atoms with Gasteiger partial charge in [0, 0.05) is 21.7 Å². The van der Waals surface area contributed by atoms with Gasteiger partial charge in [0.15, 0.2) is 0 Å². The summed E-state index contributed by atoms with van der Waals surface area (Å²) < 4.78 is 0. The quantitative estimate of drug-likeness (QED) is 0.228. The maximum absolute atomic E-state index is 12.6. The molecule has 1 amide bonds. The highest BCUT2D eigenvalue weighted by molar-refractivity contribution is 8.00. The molecular weight excluding hydrogens is 446 g/mol. The molecule has 0 bridgehead atoms. The molecule has 0 aliphatic heterocycles. The maximum Gasteiger partial charge on any atom is 0.234 e. The summed E-state index contributed by atoms with van der Waals surface area (Å²) in [7, 11) is 0. The number of rotatable bonds is 5. The number of nitrogens with zero attached hydrogens (tertiary/aromatic N) is 2. The van der Waals surface area contributed by atoms with Gasteiger partial charge in [0.25, 0.3) is 0 Å². The Balaban J connectivity index is 1.36. The first-order valence-electron chi connectivity index (χ1n) is 9.57. The summed E-state index contributed by atoms with van der Waals surface area (Å²) in [5, 5.41) is 9.75. The van der Waals surface area contributed by atoms with E-state index in [0.717, 1.165) is 42.8 Å². The van der Waals surface area contributed by atoms with E-state index in [4.69, 9.17) is 11.6 Å². The van der Waals surface area contributed by atoms with Crippen LogP contribution in [0, 0.1) is 0 Å². The SMILES string of the molecule is O=C(CSc1ncnc2scc(-c3ccc(Cl)cc3)c12)Nc1ccc2ccccc2c1. The molecule has 0 radical (unpaired) electrons. The summed E-state index contributed by atoms with van der Waals surface area (Å²) in [5.41, 5.74) is 2.89. The van der Waals surface area contributed by atoms with E-state index in [-0.39, 0.29) is 11.7 Å². The number of benzene rings is 3. The molecule has 4 nitrogen and oxygen atoms in total. The third-order valence-corrected chi connectivity index (χ3v) is 6.99. The predicted molar refractivity (Wildman–Crippen MR) is 131 cm³/mol. The average Bonchev–Trinajstić information content (AvgIpc) is 3.23. The van der Waals surface area contributed by atoms with Gasteiger partial charge < -0.3 is 5.32 Å².